The molecule has 2 rings (SSSR count). The summed E-state index contributed by atoms with van der Waals surface area (Å²) in [6.07, 6.45) is 0. The summed E-state index contributed by atoms with van der Waals surface area (Å²) in [5, 5.41) is 14.9. The Morgan fingerprint density at radius 1 is 1.11 bits per heavy atom. The van der Waals surface area contributed by atoms with Crippen LogP contribution in [0.25, 0.3) is 0 Å². The van der Waals surface area contributed by atoms with Gasteiger partial charge in [-0.3, -0.25) is 0 Å². The molecule has 0 bridgehead atoms. The van der Waals surface area contributed by atoms with Gasteiger partial charge in [-0.15, -0.1) is 0 Å². The van der Waals surface area contributed by atoms with Crippen LogP contribution >= 0.6 is 15.9 Å². The molecule has 6 heteroatoms. The van der Waals surface area contributed by atoms with E-state index in [1.807, 2.05) is 18.2 Å². The number of halogens is 1. The van der Waals surface area contributed by atoms with Gasteiger partial charge in [-0.25, -0.2) is 0 Å². The summed E-state index contributed by atoms with van der Waals surface area (Å²) in [6, 6.07) is 15.8. The molecule has 0 saturated heterocycles. The molecule has 2 aromatic carbocycles. The fourth-order valence-corrected chi connectivity index (χ4v) is 1.70. The third-order valence-corrected chi connectivity index (χ3v) is 2.87. The van der Waals surface area contributed by atoms with E-state index in [0.717, 1.165) is 4.47 Å². The summed E-state index contributed by atoms with van der Waals surface area (Å²) >= 11 is 3.28. The molecule has 0 spiro atoms. The molecule has 1 N–H and O–H groups in total. The normalized spacial score (nSPS) is 11.1. The number of amidine groups is 1. The van der Waals surface area contributed by atoms with Gasteiger partial charge < -0.3 is 10.1 Å². The molecular weight excluding hydrogens is 310 g/mol. The molecule has 5 nitrogen and oxygen atoms in total. The highest BCUT2D eigenvalue weighted by molar-refractivity contribution is 9.10. The van der Waals surface area contributed by atoms with Crippen LogP contribution in [0.1, 0.15) is 5.56 Å². The third-order valence-electron chi connectivity index (χ3n) is 2.34. The van der Waals surface area contributed by atoms with Crippen LogP contribution in [0.3, 0.4) is 0 Å². The zero-order valence-electron chi connectivity index (χ0n) is 9.79. The van der Waals surface area contributed by atoms with Crippen molar-refractivity contribution in [2.24, 2.45) is 5.10 Å². The second-order valence-corrected chi connectivity index (χ2v) is 4.59. The number of rotatable bonds is 3. The maximum atomic E-state index is 11.0. The number of anilines is 1. The molecule has 0 atom stereocenters. The number of benzene rings is 2. The van der Waals surface area contributed by atoms with Crippen molar-refractivity contribution in [1.29, 1.82) is 0 Å². The second kappa shape index (κ2) is 6.10. The molecule has 0 radical (unpaired) electrons. The molecule has 0 unspecified atom stereocenters. The van der Waals surface area contributed by atoms with Crippen LogP contribution in [0.15, 0.2) is 64.2 Å². The van der Waals surface area contributed by atoms with Crippen molar-refractivity contribution in [1.82, 2.24) is 0 Å². The lowest BCUT2D eigenvalue weighted by molar-refractivity contribution is -0.349. The van der Waals surface area contributed by atoms with Crippen LogP contribution in [-0.4, -0.2) is 10.8 Å². The van der Waals surface area contributed by atoms with Crippen LogP contribution in [0.4, 0.5) is 5.69 Å². The maximum Gasteiger partial charge on any atom is 0.395 e. The number of nitro groups is 1. The monoisotopic (exact) mass is 319 g/mol. The lowest BCUT2D eigenvalue weighted by Crippen LogP contribution is -2.15. The van der Waals surface area contributed by atoms with Gasteiger partial charge in [-0.1, -0.05) is 34.1 Å². The Labute approximate surface area is 118 Å². The Balaban J connectivity index is 2.25. The van der Waals surface area contributed by atoms with Gasteiger partial charge >= 0.3 is 5.84 Å². The van der Waals surface area contributed by atoms with E-state index >= 15 is 0 Å². The van der Waals surface area contributed by atoms with Crippen LogP contribution in [0, 0.1) is 10.1 Å². The Morgan fingerprint density at radius 3 is 2.32 bits per heavy atom. The van der Waals surface area contributed by atoms with Crippen LogP contribution in [0.2, 0.25) is 0 Å². The minimum atomic E-state index is -0.515. The van der Waals surface area contributed by atoms with Gasteiger partial charge in [0.2, 0.25) is 0 Å². The number of para-hydroxylation sites is 1. The Bertz CT molecular complexity index is 597. The molecule has 0 fully saturated rings. The predicted molar refractivity (Wildman–Crippen MR) is 77.7 cm³/mol. The quantitative estimate of drug-likeness (QED) is 0.407. The maximum absolute atomic E-state index is 11.0. The van der Waals surface area contributed by atoms with Gasteiger partial charge in [-0.05, 0) is 41.3 Å². The molecule has 0 heterocycles. The van der Waals surface area contributed by atoms with Crippen LogP contribution < -0.4 is 5.43 Å². The van der Waals surface area contributed by atoms with E-state index in [2.05, 4.69) is 26.5 Å². The van der Waals surface area contributed by atoms with Crippen molar-refractivity contribution in [3.8, 4) is 0 Å². The van der Waals surface area contributed by atoms with Crippen molar-refractivity contribution in [3.05, 3.63) is 74.7 Å². The standard InChI is InChI=1S/C13H10BrN3O2/c14-11-8-6-10(7-9-11)13(17(18)19)16-15-12-4-2-1-3-5-12/h1-9,15H/b16-13+. The van der Waals surface area contributed by atoms with Gasteiger partial charge in [0, 0.05) is 4.47 Å². The minimum Gasteiger partial charge on any atom is -0.358 e. The number of hydrogen-bond donors (Lipinski definition) is 1. The molecule has 0 aromatic heterocycles. The molecule has 0 saturated carbocycles. The number of nitrogens with zero attached hydrogens (tertiary/aromatic N) is 2. The van der Waals surface area contributed by atoms with Gasteiger partial charge in [0.05, 0.1) is 16.4 Å². The number of nitrogens with one attached hydrogen (secondary N) is 1. The van der Waals surface area contributed by atoms with E-state index in [0.29, 0.717) is 11.3 Å². The summed E-state index contributed by atoms with van der Waals surface area (Å²) in [5.41, 5.74) is 3.81. The van der Waals surface area contributed by atoms with Crippen LogP contribution in [0.5, 0.6) is 0 Å². The van der Waals surface area contributed by atoms with E-state index in [1.165, 1.54) is 0 Å². The molecule has 19 heavy (non-hydrogen) atoms. The Hall–Kier alpha value is -2.21. The fraction of sp³-hybridized carbons (Fsp3) is 0. The second-order valence-electron chi connectivity index (χ2n) is 3.68. The van der Waals surface area contributed by atoms with Crippen LogP contribution in [-0.2, 0) is 0 Å². The highest BCUT2D eigenvalue weighted by Crippen LogP contribution is 2.12. The highest BCUT2D eigenvalue weighted by atomic mass is 79.9. The first-order valence-corrected chi connectivity index (χ1v) is 6.25. The first-order chi connectivity index (χ1) is 9.16. The average Bonchev–Trinajstić information content (AvgIpc) is 2.42. The zero-order valence-corrected chi connectivity index (χ0v) is 11.4. The topological polar surface area (TPSA) is 67.5 Å². The molecule has 0 amide bonds. The predicted octanol–water partition coefficient (Wildman–Crippen LogP) is 3.50. The van der Waals surface area contributed by atoms with Crippen molar-refractivity contribution in [2.45, 2.75) is 0 Å². The number of hydrogen-bond acceptors (Lipinski definition) is 4. The molecule has 0 aliphatic carbocycles. The molecular formula is C13H10BrN3O2. The lowest BCUT2D eigenvalue weighted by atomic mass is 10.2. The fourth-order valence-electron chi connectivity index (χ4n) is 1.44. The minimum absolute atomic E-state index is 0.226. The van der Waals surface area contributed by atoms with Crippen molar-refractivity contribution < 1.29 is 4.92 Å². The molecule has 96 valence electrons. The zero-order chi connectivity index (χ0) is 13.7. The van der Waals surface area contributed by atoms with E-state index < -0.39 is 4.92 Å². The van der Waals surface area contributed by atoms with E-state index in [9.17, 15) is 10.1 Å². The van der Waals surface area contributed by atoms with Crippen molar-refractivity contribution in [3.63, 3.8) is 0 Å². The highest BCUT2D eigenvalue weighted by Gasteiger charge is 2.16. The molecule has 2 aromatic rings. The summed E-state index contributed by atoms with van der Waals surface area (Å²) in [7, 11) is 0. The first kappa shape index (κ1) is 13.2. The summed E-state index contributed by atoms with van der Waals surface area (Å²) < 4.78 is 0.856. The van der Waals surface area contributed by atoms with Gasteiger partial charge in [0.15, 0.2) is 0 Å². The number of hydrazone groups is 1. The van der Waals surface area contributed by atoms with Gasteiger partial charge in [-0.2, -0.15) is 5.43 Å². The summed E-state index contributed by atoms with van der Waals surface area (Å²) in [5.74, 6) is -0.226. The smallest absolute Gasteiger partial charge is 0.358 e. The molecule has 0 aliphatic heterocycles. The van der Waals surface area contributed by atoms with Crippen molar-refractivity contribution in [2.75, 3.05) is 5.43 Å². The third kappa shape index (κ3) is 3.62. The SMILES string of the molecule is O=[N+]([O-])/C(=N/Nc1ccccc1)c1ccc(Br)cc1. The van der Waals surface area contributed by atoms with E-state index in [4.69, 9.17) is 0 Å². The van der Waals surface area contributed by atoms with E-state index in [-0.39, 0.29) is 5.84 Å². The van der Waals surface area contributed by atoms with E-state index in [1.54, 1.807) is 36.4 Å². The largest absolute Gasteiger partial charge is 0.395 e. The van der Waals surface area contributed by atoms with Crippen molar-refractivity contribution >= 4 is 27.5 Å². The first-order valence-electron chi connectivity index (χ1n) is 5.46. The lowest BCUT2D eigenvalue weighted by Gasteiger charge is -2.00. The van der Waals surface area contributed by atoms with Gasteiger partial charge in [0.25, 0.3) is 0 Å². The van der Waals surface area contributed by atoms with Gasteiger partial charge in [0.1, 0.15) is 0 Å². The Morgan fingerprint density at radius 2 is 1.74 bits per heavy atom. The summed E-state index contributed by atoms with van der Waals surface area (Å²) in [6.45, 7) is 0. The average molecular weight is 320 g/mol. The molecule has 0 aliphatic rings. The Kier molecular flexibility index (Phi) is 4.25. The summed E-state index contributed by atoms with van der Waals surface area (Å²) in [4.78, 5) is 10.5.